The van der Waals surface area contributed by atoms with Gasteiger partial charge in [-0.05, 0) is 61.7 Å². The zero-order valence-electron chi connectivity index (χ0n) is 15.2. The van der Waals surface area contributed by atoms with Gasteiger partial charge in [0, 0.05) is 23.5 Å². The number of nitrogens with one attached hydrogen (secondary N) is 3. The van der Waals surface area contributed by atoms with Gasteiger partial charge in [0.25, 0.3) is 0 Å². The van der Waals surface area contributed by atoms with Crippen LogP contribution < -0.4 is 16.0 Å². The van der Waals surface area contributed by atoms with E-state index in [9.17, 15) is 9.59 Å². The highest BCUT2D eigenvalue weighted by Crippen LogP contribution is 2.23. The Bertz CT molecular complexity index is 785. The lowest BCUT2D eigenvalue weighted by molar-refractivity contribution is -0.116. The molecule has 132 valence electrons. The summed E-state index contributed by atoms with van der Waals surface area (Å²) in [4.78, 5) is 23.8. The van der Waals surface area contributed by atoms with Crippen molar-refractivity contribution in [1.82, 2.24) is 0 Å². The zero-order valence-corrected chi connectivity index (χ0v) is 15.2. The Balaban J connectivity index is 1.99. The van der Waals surface area contributed by atoms with E-state index in [0.717, 1.165) is 11.3 Å². The first-order chi connectivity index (χ1) is 11.9. The lowest BCUT2D eigenvalue weighted by Crippen LogP contribution is -2.22. The number of carbonyl (C=O) groups is 2. The Morgan fingerprint density at radius 2 is 1.52 bits per heavy atom. The largest absolute Gasteiger partial charge is 0.376 e. The molecule has 25 heavy (non-hydrogen) atoms. The van der Waals surface area contributed by atoms with Gasteiger partial charge in [0.05, 0.1) is 6.54 Å². The van der Waals surface area contributed by atoms with Crippen molar-refractivity contribution in [3.8, 4) is 0 Å². The minimum atomic E-state index is -0.139. The highest BCUT2D eigenvalue weighted by Gasteiger charge is 2.09. The second-order valence-corrected chi connectivity index (χ2v) is 6.08. The van der Waals surface area contributed by atoms with Gasteiger partial charge in [-0.2, -0.15) is 0 Å². The number of aryl methyl sites for hydroxylation is 2. The summed E-state index contributed by atoms with van der Waals surface area (Å²) in [5.74, 6) is -0.191. The molecule has 2 aromatic carbocycles. The molecule has 0 aliphatic rings. The van der Waals surface area contributed by atoms with Crippen LogP contribution in [0.25, 0.3) is 0 Å². The van der Waals surface area contributed by atoms with E-state index in [4.69, 9.17) is 0 Å². The molecule has 0 unspecified atom stereocenters. The molecule has 0 heterocycles. The highest BCUT2D eigenvalue weighted by atomic mass is 16.2. The molecule has 5 heteroatoms. The number of hydrogen-bond acceptors (Lipinski definition) is 3. The van der Waals surface area contributed by atoms with Crippen LogP contribution in [0.2, 0.25) is 0 Å². The zero-order chi connectivity index (χ0) is 18.4. The van der Waals surface area contributed by atoms with Crippen LogP contribution in [0.3, 0.4) is 0 Å². The number of carbonyl (C=O) groups excluding carboxylic acids is 2. The van der Waals surface area contributed by atoms with Gasteiger partial charge in [-0.3, -0.25) is 9.59 Å². The fourth-order valence-electron chi connectivity index (χ4n) is 2.37. The molecule has 0 radical (unpaired) electrons. The van der Waals surface area contributed by atoms with Crippen molar-refractivity contribution in [3.63, 3.8) is 0 Å². The standard InChI is InChI=1S/C20H25N3O2/c1-5-19(24)22-17-7-6-8-18(15(17)4)23-20(25)12-21-16-10-9-13(2)14(3)11-16/h6-11,21H,5,12H2,1-4H3,(H,22,24)(H,23,25). The maximum absolute atomic E-state index is 12.2. The van der Waals surface area contributed by atoms with E-state index in [2.05, 4.69) is 22.9 Å². The van der Waals surface area contributed by atoms with Crippen LogP contribution in [0, 0.1) is 20.8 Å². The first-order valence-electron chi connectivity index (χ1n) is 8.41. The summed E-state index contributed by atoms with van der Waals surface area (Å²) >= 11 is 0. The Labute approximate surface area is 148 Å². The molecule has 2 amide bonds. The maximum atomic E-state index is 12.2. The number of rotatable bonds is 6. The van der Waals surface area contributed by atoms with Crippen LogP contribution in [0.4, 0.5) is 17.1 Å². The van der Waals surface area contributed by atoms with E-state index >= 15 is 0 Å². The Kier molecular flexibility index (Phi) is 6.17. The summed E-state index contributed by atoms with van der Waals surface area (Å²) in [6, 6.07) is 11.5. The van der Waals surface area contributed by atoms with Crippen LogP contribution in [0.5, 0.6) is 0 Å². The first-order valence-corrected chi connectivity index (χ1v) is 8.41. The van der Waals surface area contributed by atoms with Gasteiger partial charge >= 0.3 is 0 Å². The molecule has 0 aromatic heterocycles. The minimum Gasteiger partial charge on any atom is -0.376 e. The molecule has 0 spiro atoms. The first kappa shape index (κ1) is 18.5. The summed E-state index contributed by atoms with van der Waals surface area (Å²) in [6.45, 7) is 7.94. The summed E-state index contributed by atoms with van der Waals surface area (Å²) in [5, 5.41) is 8.85. The topological polar surface area (TPSA) is 70.2 Å². The van der Waals surface area contributed by atoms with Crippen LogP contribution in [0.1, 0.15) is 30.0 Å². The molecular formula is C20H25N3O2. The van der Waals surface area contributed by atoms with Crippen molar-refractivity contribution in [1.29, 1.82) is 0 Å². The third kappa shape index (κ3) is 5.08. The van der Waals surface area contributed by atoms with Gasteiger partial charge in [-0.15, -0.1) is 0 Å². The summed E-state index contributed by atoms with van der Waals surface area (Å²) in [5.41, 5.74) is 5.56. The van der Waals surface area contributed by atoms with Crippen LogP contribution in [-0.4, -0.2) is 18.4 Å². The van der Waals surface area contributed by atoms with Gasteiger partial charge in [0.1, 0.15) is 0 Å². The van der Waals surface area contributed by atoms with Crippen LogP contribution >= 0.6 is 0 Å². The number of anilines is 3. The smallest absolute Gasteiger partial charge is 0.243 e. The second-order valence-electron chi connectivity index (χ2n) is 6.08. The van der Waals surface area contributed by atoms with Gasteiger partial charge in [0.15, 0.2) is 0 Å². The van der Waals surface area contributed by atoms with E-state index in [1.165, 1.54) is 11.1 Å². The van der Waals surface area contributed by atoms with Gasteiger partial charge in [-0.1, -0.05) is 19.1 Å². The lowest BCUT2D eigenvalue weighted by Gasteiger charge is -2.14. The van der Waals surface area contributed by atoms with E-state index in [-0.39, 0.29) is 18.4 Å². The summed E-state index contributed by atoms with van der Waals surface area (Å²) in [6.07, 6.45) is 0.413. The molecule has 0 atom stereocenters. The van der Waals surface area contributed by atoms with Gasteiger partial charge < -0.3 is 16.0 Å². The third-order valence-corrected chi connectivity index (χ3v) is 4.16. The number of benzene rings is 2. The van der Waals surface area contributed by atoms with Crippen molar-refractivity contribution in [2.24, 2.45) is 0 Å². The molecule has 2 aromatic rings. The molecule has 2 rings (SSSR count). The molecule has 0 aliphatic heterocycles. The van der Waals surface area contributed by atoms with Crippen molar-refractivity contribution in [2.75, 3.05) is 22.5 Å². The monoisotopic (exact) mass is 339 g/mol. The summed E-state index contributed by atoms with van der Waals surface area (Å²) in [7, 11) is 0. The predicted octanol–water partition coefficient (Wildman–Crippen LogP) is 4.01. The fourth-order valence-corrected chi connectivity index (χ4v) is 2.37. The predicted molar refractivity (Wildman–Crippen MR) is 103 cm³/mol. The van der Waals surface area contributed by atoms with E-state index < -0.39 is 0 Å². The summed E-state index contributed by atoms with van der Waals surface area (Å²) < 4.78 is 0. The van der Waals surface area contributed by atoms with E-state index in [1.807, 2.05) is 50.2 Å². The second kappa shape index (κ2) is 8.33. The van der Waals surface area contributed by atoms with E-state index in [1.54, 1.807) is 6.92 Å². The molecule has 0 fully saturated rings. The molecule has 3 N–H and O–H groups in total. The third-order valence-electron chi connectivity index (χ3n) is 4.16. The number of amides is 2. The Morgan fingerprint density at radius 1 is 0.880 bits per heavy atom. The lowest BCUT2D eigenvalue weighted by atomic mass is 10.1. The average Bonchev–Trinajstić information content (AvgIpc) is 2.59. The molecule has 0 saturated heterocycles. The van der Waals surface area contributed by atoms with Crippen molar-refractivity contribution >= 4 is 28.9 Å². The van der Waals surface area contributed by atoms with Crippen LogP contribution in [0.15, 0.2) is 36.4 Å². The minimum absolute atomic E-state index is 0.0528. The highest BCUT2D eigenvalue weighted by molar-refractivity contribution is 5.97. The quantitative estimate of drug-likeness (QED) is 0.745. The normalized spacial score (nSPS) is 10.2. The Hall–Kier alpha value is -2.82. The Morgan fingerprint density at radius 3 is 2.12 bits per heavy atom. The molecule has 0 aliphatic carbocycles. The average molecular weight is 339 g/mol. The molecule has 0 bridgehead atoms. The molecular weight excluding hydrogens is 314 g/mol. The van der Waals surface area contributed by atoms with Crippen LogP contribution in [-0.2, 0) is 9.59 Å². The number of hydrogen-bond donors (Lipinski definition) is 3. The van der Waals surface area contributed by atoms with Gasteiger partial charge in [0.2, 0.25) is 11.8 Å². The van der Waals surface area contributed by atoms with Crippen molar-refractivity contribution in [3.05, 3.63) is 53.1 Å². The van der Waals surface area contributed by atoms with Gasteiger partial charge in [-0.25, -0.2) is 0 Å². The maximum Gasteiger partial charge on any atom is 0.243 e. The van der Waals surface area contributed by atoms with Crippen molar-refractivity contribution in [2.45, 2.75) is 34.1 Å². The van der Waals surface area contributed by atoms with E-state index in [0.29, 0.717) is 17.8 Å². The fraction of sp³-hybridized carbons (Fsp3) is 0.300. The SMILES string of the molecule is CCC(=O)Nc1cccc(NC(=O)CNc2ccc(C)c(C)c2)c1C. The molecule has 5 nitrogen and oxygen atoms in total. The van der Waals surface area contributed by atoms with Crippen molar-refractivity contribution < 1.29 is 9.59 Å². The molecule has 0 saturated carbocycles.